The topological polar surface area (TPSA) is 40.5 Å². The van der Waals surface area contributed by atoms with Crippen LogP contribution in [0.4, 0.5) is 5.69 Å². The van der Waals surface area contributed by atoms with Crippen molar-refractivity contribution in [2.75, 3.05) is 23.8 Å². The number of thioether (sulfide) groups is 1. The van der Waals surface area contributed by atoms with Gasteiger partial charge in [-0.3, -0.25) is 4.79 Å². The molecule has 2 unspecified atom stereocenters. The fourth-order valence-electron chi connectivity index (χ4n) is 1.73. The van der Waals surface area contributed by atoms with Crippen LogP contribution in [0.1, 0.15) is 20.8 Å². The number of carbonyl (C=O) groups is 1. The maximum absolute atomic E-state index is 12.4. The van der Waals surface area contributed by atoms with Crippen LogP contribution >= 0.6 is 11.8 Å². The molecule has 0 fully saturated rings. The highest BCUT2D eigenvalue weighted by Gasteiger charge is 2.21. The second-order valence-corrected chi connectivity index (χ2v) is 6.06. The number of hydrogen-bond donors (Lipinski definition) is 1. The van der Waals surface area contributed by atoms with Crippen LogP contribution in [0, 0.1) is 5.92 Å². The first-order valence-electron chi connectivity index (χ1n) is 6.69. The average molecular weight is 281 g/mol. The molecule has 0 saturated heterocycles. The molecule has 106 valence electrons. The van der Waals surface area contributed by atoms with Crippen molar-refractivity contribution < 1.29 is 9.90 Å². The normalized spacial score (nSPS) is 13.9. The lowest BCUT2D eigenvalue weighted by atomic mass is 10.2. The Bertz CT molecular complexity index is 383. The first-order chi connectivity index (χ1) is 9.10. The van der Waals surface area contributed by atoms with Crippen molar-refractivity contribution in [2.24, 2.45) is 5.92 Å². The maximum Gasteiger partial charge on any atom is 0.239 e. The van der Waals surface area contributed by atoms with Crippen LogP contribution in [0.3, 0.4) is 0 Å². The van der Waals surface area contributed by atoms with Crippen LogP contribution in [-0.4, -0.2) is 35.2 Å². The van der Waals surface area contributed by atoms with Gasteiger partial charge < -0.3 is 10.0 Å². The van der Waals surface area contributed by atoms with Gasteiger partial charge in [0.25, 0.3) is 0 Å². The number of nitrogens with zero attached hydrogens (tertiary/aromatic N) is 1. The summed E-state index contributed by atoms with van der Waals surface area (Å²) < 4.78 is 0. The van der Waals surface area contributed by atoms with Gasteiger partial charge in [0.15, 0.2) is 0 Å². The van der Waals surface area contributed by atoms with Crippen molar-refractivity contribution in [1.82, 2.24) is 0 Å². The summed E-state index contributed by atoms with van der Waals surface area (Å²) in [5.74, 6) is 1.16. The molecule has 0 aliphatic rings. The van der Waals surface area contributed by atoms with Crippen molar-refractivity contribution in [1.29, 1.82) is 0 Å². The van der Waals surface area contributed by atoms with E-state index in [1.54, 1.807) is 16.7 Å². The number of aliphatic hydroxyl groups is 1. The fraction of sp³-hybridized carbons (Fsp3) is 0.533. The summed E-state index contributed by atoms with van der Waals surface area (Å²) in [6.45, 7) is 6.74. The predicted octanol–water partition coefficient (Wildman–Crippen LogP) is 2.79. The van der Waals surface area contributed by atoms with Crippen LogP contribution in [0.25, 0.3) is 0 Å². The Morgan fingerprint density at radius 1 is 1.32 bits per heavy atom. The molecule has 0 heterocycles. The standard InChI is InChI=1S/C15H23NO2S/c1-4-16(14-8-6-5-7-9-14)15(18)13(3)19-11-12(2)10-17/h5-9,12-13,17H,4,10-11H2,1-3H3. The van der Waals surface area contributed by atoms with Crippen molar-refractivity contribution in [3.05, 3.63) is 30.3 Å². The molecular weight excluding hydrogens is 258 g/mol. The second kappa shape index (κ2) is 8.23. The number of amides is 1. The average Bonchev–Trinajstić information content (AvgIpc) is 2.46. The molecule has 1 aromatic rings. The summed E-state index contributed by atoms with van der Waals surface area (Å²) >= 11 is 1.60. The van der Waals surface area contributed by atoms with Crippen molar-refractivity contribution in [3.63, 3.8) is 0 Å². The molecule has 4 heteroatoms. The SMILES string of the molecule is CCN(C(=O)C(C)SCC(C)CO)c1ccccc1. The van der Waals surface area contributed by atoms with E-state index in [4.69, 9.17) is 5.11 Å². The van der Waals surface area contributed by atoms with Gasteiger partial charge in [0.2, 0.25) is 5.91 Å². The molecule has 0 aliphatic heterocycles. The Balaban J connectivity index is 2.63. The molecule has 2 atom stereocenters. The van der Waals surface area contributed by atoms with E-state index in [2.05, 4.69) is 0 Å². The first kappa shape index (κ1) is 16.1. The van der Waals surface area contributed by atoms with Gasteiger partial charge in [-0.05, 0) is 37.7 Å². The molecule has 1 rings (SSSR count). The lowest BCUT2D eigenvalue weighted by Gasteiger charge is -2.24. The predicted molar refractivity (Wildman–Crippen MR) is 82.6 cm³/mol. The van der Waals surface area contributed by atoms with E-state index in [0.29, 0.717) is 6.54 Å². The number of para-hydroxylation sites is 1. The molecule has 0 aliphatic carbocycles. The summed E-state index contributed by atoms with van der Waals surface area (Å²) in [7, 11) is 0. The Morgan fingerprint density at radius 3 is 2.47 bits per heavy atom. The number of aliphatic hydroxyl groups excluding tert-OH is 1. The molecule has 1 aromatic carbocycles. The van der Waals surface area contributed by atoms with Gasteiger partial charge in [0.05, 0.1) is 5.25 Å². The summed E-state index contributed by atoms with van der Waals surface area (Å²) in [6, 6.07) is 9.74. The highest BCUT2D eigenvalue weighted by Crippen LogP contribution is 2.21. The van der Waals surface area contributed by atoms with Crippen LogP contribution in [0.2, 0.25) is 0 Å². The quantitative estimate of drug-likeness (QED) is 0.835. The van der Waals surface area contributed by atoms with Gasteiger partial charge in [-0.15, -0.1) is 11.8 Å². The Labute approximate surface area is 120 Å². The number of anilines is 1. The summed E-state index contributed by atoms with van der Waals surface area (Å²) in [4.78, 5) is 14.2. The number of carbonyl (C=O) groups excluding carboxylic acids is 1. The van der Waals surface area contributed by atoms with Gasteiger partial charge in [-0.1, -0.05) is 25.1 Å². The third kappa shape index (κ3) is 4.88. The third-order valence-electron chi connectivity index (χ3n) is 2.94. The van der Waals surface area contributed by atoms with E-state index in [1.165, 1.54) is 0 Å². The van der Waals surface area contributed by atoms with Crippen LogP contribution in [-0.2, 0) is 4.79 Å². The van der Waals surface area contributed by atoms with Gasteiger partial charge in [-0.2, -0.15) is 0 Å². The van der Waals surface area contributed by atoms with E-state index >= 15 is 0 Å². The highest BCUT2D eigenvalue weighted by atomic mass is 32.2. The second-order valence-electron chi connectivity index (χ2n) is 4.68. The van der Waals surface area contributed by atoms with E-state index in [0.717, 1.165) is 11.4 Å². The first-order valence-corrected chi connectivity index (χ1v) is 7.73. The number of rotatable bonds is 7. The van der Waals surface area contributed by atoms with E-state index in [9.17, 15) is 4.79 Å². The van der Waals surface area contributed by atoms with Gasteiger partial charge >= 0.3 is 0 Å². The van der Waals surface area contributed by atoms with Gasteiger partial charge in [-0.25, -0.2) is 0 Å². The lowest BCUT2D eigenvalue weighted by molar-refractivity contribution is -0.117. The maximum atomic E-state index is 12.4. The van der Waals surface area contributed by atoms with Crippen LogP contribution in [0.15, 0.2) is 30.3 Å². The summed E-state index contributed by atoms with van der Waals surface area (Å²) in [6.07, 6.45) is 0. The molecule has 19 heavy (non-hydrogen) atoms. The molecular formula is C15H23NO2S. The highest BCUT2D eigenvalue weighted by molar-refractivity contribution is 8.00. The molecule has 0 bridgehead atoms. The molecule has 3 nitrogen and oxygen atoms in total. The minimum Gasteiger partial charge on any atom is -0.396 e. The van der Waals surface area contributed by atoms with Crippen molar-refractivity contribution in [2.45, 2.75) is 26.0 Å². The number of hydrogen-bond acceptors (Lipinski definition) is 3. The van der Waals surface area contributed by atoms with E-state index in [1.807, 2.05) is 51.1 Å². The van der Waals surface area contributed by atoms with Gasteiger partial charge in [0.1, 0.15) is 0 Å². The fourth-order valence-corrected chi connectivity index (χ4v) is 2.72. The lowest BCUT2D eigenvalue weighted by Crippen LogP contribution is -2.36. The Kier molecular flexibility index (Phi) is 6.95. The van der Waals surface area contributed by atoms with Gasteiger partial charge in [0, 0.05) is 18.8 Å². The summed E-state index contributed by atoms with van der Waals surface area (Å²) in [5.41, 5.74) is 0.942. The van der Waals surface area contributed by atoms with Crippen molar-refractivity contribution in [3.8, 4) is 0 Å². The minimum atomic E-state index is -0.0887. The van der Waals surface area contributed by atoms with Crippen molar-refractivity contribution >= 4 is 23.4 Å². The Hall–Kier alpha value is -1.00. The summed E-state index contributed by atoms with van der Waals surface area (Å²) in [5, 5.41) is 8.92. The van der Waals surface area contributed by atoms with Crippen LogP contribution in [0.5, 0.6) is 0 Å². The zero-order valence-electron chi connectivity index (χ0n) is 11.9. The molecule has 1 N–H and O–H groups in total. The molecule has 0 aromatic heterocycles. The van der Waals surface area contributed by atoms with E-state index < -0.39 is 0 Å². The molecule has 0 radical (unpaired) electrons. The Morgan fingerprint density at radius 2 is 1.95 bits per heavy atom. The third-order valence-corrected chi connectivity index (χ3v) is 4.40. The zero-order chi connectivity index (χ0) is 14.3. The molecule has 0 spiro atoms. The number of benzene rings is 1. The van der Waals surface area contributed by atoms with Crippen LogP contribution < -0.4 is 4.90 Å². The minimum absolute atomic E-state index is 0.0887. The molecule has 1 amide bonds. The zero-order valence-corrected chi connectivity index (χ0v) is 12.7. The smallest absolute Gasteiger partial charge is 0.239 e. The molecule has 0 saturated carbocycles. The largest absolute Gasteiger partial charge is 0.396 e. The monoisotopic (exact) mass is 281 g/mol. The van der Waals surface area contributed by atoms with E-state index in [-0.39, 0.29) is 23.7 Å².